The Labute approximate surface area is 204 Å². The smallest absolute Gasteiger partial charge is 0.141 e. The van der Waals surface area contributed by atoms with E-state index < -0.39 is 5.82 Å². The molecule has 2 aromatic carbocycles. The van der Waals surface area contributed by atoms with Crippen LogP contribution < -0.4 is 10.2 Å². The topological polar surface area (TPSA) is 80.6 Å². The highest BCUT2D eigenvalue weighted by Gasteiger charge is 2.16. The Kier molecular flexibility index (Phi) is 6.82. The van der Waals surface area contributed by atoms with E-state index in [-0.39, 0.29) is 5.02 Å². The molecule has 2 aromatic heterocycles. The molecule has 33 heavy (non-hydrogen) atoms. The van der Waals surface area contributed by atoms with Crippen molar-refractivity contribution in [2.24, 2.45) is 0 Å². The molecule has 0 atom stereocenters. The number of anilines is 4. The monoisotopic (exact) mass is 526 g/mol. The minimum absolute atomic E-state index is 0.00315. The van der Waals surface area contributed by atoms with Crippen LogP contribution in [0.5, 0.6) is 0 Å². The van der Waals surface area contributed by atoms with Crippen molar-refractivity contribution in [2.45, 2.75) is 26.2 Å². The van der Waals surface area contributed by atoms with E-state index in [1.165, 1.54) is 18.3 Å². The van der Waals surface area contributed by atoms with Gasteiger partial charge in [0.2, 0.25) is 0 Å². The van der Waals surface area contributed by atoms with Gasteiger partial charge in [0.05, 0.1) is 28.0 Å². The summed E-state index contributed by atoms with van der Waals surface area (Å²) in [5.41, 5.74) is 3.05. The van der Waals surface area contributed by atoms with Crippen LogP contribution in [0.15, 0.2) is 47.2 Å². The molecule has 0 saturated carbocycles. The van der Waals surface area contributed by atoms with Gasteiger partial charge in [-0.1, -0.05) is 24.9 Å². The Balaban J connectivity index is 1.78. The van der Waals surface area contributed by atoms with Gasteiger partial charge < -0.3 is 15.2 Å². The van der Waals surface area contributed by atoms with Crippen molar-refractivity contribution < 1.29 is 4.39 Å². The molecule has 0 unspecified atom stereocenters. The predicted octanol–water partition coefficient (Wildman–Crippen LogP) is 7.24. The molecule has 9 heteroatoms. The molecule has 2 N–H and O–H groups in total. The number of unbranched alkanes of at least 4 members (excludes halogenated alkanes) is 1. The van der Waals surface area contributed by atoms with E-state index in [9.17, 15) is 9.65 Å². The summed E-state index contributed by atoms with van der Waals surface area (Å²) >= 11 is 9.57. The minimum atomic E-state index is -0.508. The lowest BCUT2D eigenvalue weighted by Gasteiger charge is -2.20. The third-order valence-electron chi connectivity index (χ3n) is 5.35. The quantitative estimate of drug-likeness (QED) is 0.265. The molecule has 4 rings (SSSR count). The third kappa shape index (κ3) is 4.80. The van der Waals surface area contributed by atoms with Crippen LogP contribution in [0, 0.1) is 17.1 Å². The van der Waals surface area contributed by atoms with Gasteiger partial charge in [0.1, 0.15) is 23.5 Å². The zero-order valence-corrected chi connectivity index (χ0v) is 20.4. The molecule has 168 valence electrons. The third-order valence-corrected chi connectivity index (χ3v) is 6.24. The second-order valence-electron chi connectivity index (χ2n) is 7.61. The number of rotatable bonds is 7. The largest absolute Gasteiger partial charge is 0.354 e. The van der Waals surface area contributed by atoms with E-state index in [0.29, 0.717) is 22.5 Å². The number of fused-ring (bicyclic) bond motifs is 1. The fourth-order valence-corrected chi connectivity index (χ4v) is 4.24. The second kappa shape index (κ2) is 9.77. The molecule has 6 nitrogen and oxygen atoms in total. The van der Waals surface area contributed by atoms with Crippen LogP contribution in [-0.2, 0) is 6.42 Å². The number of nitrogens with one attached hydrogen (secondary N) is 2. The molecule has 0 saturated heterocycles. The van der Waals surface area contributed by atoms with Crippen molar-refractivity contribution in [1.29, 1.82) is 5.26 Å². The van der Waals surface area contributed by atoms with Crippen molar-refractivity contribution in [3.63, 3.8) is 0 Å². The highest BCUT2D eigenvalue weighted by molar-refractivity contribution is 9.10. The van der Waals surface area contributed by atoms with Gasteiger partial charge in [-0.3, -0.25) is 4.98 Å². The molecule has 0 amide bonds. The standard InChI is InChI=1S/C24H21BrClFN6/c1-3-4-5-21-29-13-22(32-21)33(2)16-9-17-23(31-15-6-7-20(27)19(26)8-15)14(11-28)12-30-24(17)18(25)10-16/h6-10,12-13H,3-5H2,1-2H3,(H,29,32)(H,30,31). The number of aryl methyl sites for hydroxylation is 1. The molecule has 0 spiro atoms. The van der Waals surface area contributed by atoms with Crippen LogP contribution in [0.2, 0.25) is 5.02 Å². The van der Waals surface area contributed by atoms with Crippen molar-refractivity contribution in [3.8, 4) is 6.07 Å². The Hall–Kier alpha value is -3.15. The molecular weight excluding hydrogens is 507 g/mol. The molecular formula is C24H21BrClFN6. The van der Waals surface area contributed by atoms with Crippen molar-refractivity contribution in [1.82, 2.24) is 15.0 Å². The summed E-state index contributed by atoms with van der Waals surface area (Å²) in [6, 6.07) is 10.4. The average molecular weight is 528 g/mol. The summed E-state index contributed by atoms with van der Waals surface area (Å²) in [7, 11) is 1.94. The van der Waals surface area contributed by atoms with Crippen LogP contribution in [0.3, 0.4) is 0 Å². The SMILES string of the molecule is CCCCc1ncc(N(C)c2cc(Br)c3ncc(C#N)c(Nc4ccc(F)c(Cl)c4)c3c2)[nH]1. The Morgan fingerprint density at radius 3 is 2.79 bits per heavy atom. The van der Waals surface area contributed by atoms with Crippen molar-refractivity contribution in [2.75, 3.05) is 17.3 Å². The number of halogens is 3. The van der Waals surface area contributed by atoms with E-state index in [4.69, 9.17) is 11.6 Å². The maximum Gasteiger partial charge on any atom is 0.141 e. The molecule has 0 aliphatic heterocycles. The number of H-pyrrole nitrogens is 1. The normalized spacial score (nSPS) is 10.9. The molecule has 2 heterocycles. The van der Waals surface area contributed by atoms with Gasteiger partial charge in [0.15, 0.2) is 0 Å². The first kappa shape index (κ1) is 23.0. The first-order valence-corrected chi connectivity index (χ1v) is 11.6. The van der Waals surface area contributed by atoms with E-state index in [1.807, 2.05) is 30.3 Å². The number of aromatic nitrogens is 3. The van der Waals surface area contributed by atoms with Crippen LogP contribution in [0.25, 0.3) is 10.9 Å². The molecule has 0 fully saturated rings. The Bertz CT molecular complexity index is 1360. The van der Waals surface area contributed by atoms with Gasteiger partial charge in [-0.15, -0.1) is 0 Å². The number of imidazole rings is 1. The maximum atomic E-state index is 13.6. The van der Waals surface area contributed by atoms with Crippen LogP contribution in [0.1, 0.15) is 31.2 Å². The molecule has 0 aliphatic rings. The van der Waals surface area contributed by atoms with Gasteiger partial charge in [0.25, 0.3) is 0 Å². The van der Waals surface area contributed by atoms with E-state index in [1.54, 1.807) is 6.07 Å². The summed E-state index contributed by atoms with van der Waals surface area (Å²) in [5, 5.41) is 13.7. The van der Waals surface area contributed by atoms with Gasteiger partial charge >= 0.3 is 0 Å². The predicted molar refractivity (Wildman–Crippen MR) is 134 cm³/mol. The number of benzene rings is 2. The second-order valence-corrected chi connectivity index (χ2v) is 8.88. The minimum Gasteiger partial charge on any atom is -0.354 e. The number of hydrogen-bond acceptors (Lipinski definition) is 5. The lowest BCUT2D eigenvalue weighted by molar-refractivity contribution is 0.628. The van der Waals surface area contributed by atoms with E-state index >= 15 is 0 Å². The van der Waals surface area contributed by atoms with E-state index in [2.05, 4.69) is 49.2 Å². The first-order chi connectivity index (χ1) is 15.9. The van der Waals surface area contributed by atoms with Gasteiger partial charge in [-0.05, 0) is 52.7 Å². The Morgan fingerprint density at radius 1 is 1.24 bits per heavy atom. The highest BCUT2D eigenvalue weighted by Crippen LogP contribution is 2.37. The lowest BCUT2D eigenvalue weighted by atomic mass is 10.1. The fourth-order valence-electron chi connectivity index (χ4n) is 3.51. The van der Waals surface area contributed by atoms with Gasteiger partial charge in [0, 0.05) is 40.9 Å². The summed E-state index contributed by atoms with van der Waals surface area (Å²) < 4.78 is 14.4. The van der Waals surface area contributed by atoms with Crippen molar-refractivity contribution in [3.05, 3.63) is 69.4 Å². The summed E-state index contributed by atoms with van der Waals surface area (Å²) in [6.07, 6.45) is 6.40. The van der Waals surface area contributed by atoms with Gasteiger partial charge in [-0.2, -0.15) is 5.26 Å². The van der Waals surface area contributed by atoms with Gasteiger partial charge in [-0.25, -0.2) is 9.37 Å². The number of pyridine rings is 1. The lowest BCUT2D eigenvalue weighted by Crippen LogP contribution is -2.10. The molecule has 0 radical (unpaired) electrons. The summed E-state index contributed by atoms with van der Waals surface area (Å²) in [4.78, 5) is 14.3. The number of nitrogens with zero attached hydrogens (tertiary/aromatic N) is 4. The number of aromatic amines is 1. The maximum absolute atomic E-state index is 13.6. The molecule has 4 aromatic rings. The summed E-state index contributed by atoms with van der Waals surface area (Å²) in [5.74, 6) is 1.30. The molecule has 0 aliphatic carbocycles. The van der Waals surface area contributed by atoms with Crippen molar-refractivity contribution >= 4 is 61.3 Å². The molecule has 0 bridgehead atoms. The Morgan fingerprint density at radius 2 is 2.06 bits per heavy atom. The zero-order valence-electron chi connectivity index (χ0n) is 18.1. The first-order valence-electron chi connectivity index (χ1n) is 10.4. The number of hydrogen-bond donors (Lipinski definition) is 2. The van der Waals surface area contributed by atoms with Crippen LogP contribution in [0.4, 0.5) is 27.3 Å². The number of nitriles is 1. The highest BCUT2D eigenvalue weighted by atomic mass is 79.9. The van der Waals surface area contributed by atoms with Crippen LogP contribution >= 0.6 is 27.5 Å². The summed E-state index contributed by atoms with van der Waals surface area (Å²) in [6.45, 7) is 2.15. The fraction of sp³-hybridized carbons (Fsp3) is 0.208. The average Bonchev–Trinajstić information content (AvgIpc) is 3.28. The zero-order chi connectivity index (χ0) is 23.5. The van der Waals surface area contributed by atoms with Crippen LogP contribution in [-0.4, -0.2) is 22.0 Å². The van der Waals surface area contributed by atoms with E-state index in [0.717, 1.165) is 46.5 Å².